The molecule has 2 heteroatoms. The van der Waals surface area contributed by atoms with Crippen LogP contribution in [0.5, 0.6) is 0 Å². The molecule has 0 unspecified atom stereocenters. The van der Waals surface area contributed by atoms with Crippen molar-refractivity contribution in [2.24, 2.45) is 7.05 Å². The maximum Gasteiger partial charge on any atom is 0.176 e. The number of rotatable bonds is 2. The minimum Gasteiger partial charge on any atom is -0.264 e. The fourth-order valence-electron chi connectivity index (χ4n) is 2.96. The number of nitrogens with zero attached hydrogens (tertiary/aromatic N) is 2. The van der Waals surface area contributed by atoms with E-state index in [1.165, 1.54) is 27.5 Å². The highest BCUT2D eigenvalue weighted by atomic mass is 14.9. The van der Waals surface area contributed by atoms with Crippen molar-refractivity contribution in [2.45, 2.75) is 0 Å². The molecule has 0 aliphatic carbocycles. The van der Waals surface area contributed by atoms with Crippen LogP contribution in [0.25, 0.3) is 33.0 Å². The molecule has 4 aromatic rings. The van der Waals surface area contributed by atoms with Crippen LogP contribution in [-0.4, -0.2) is 4.98 Å². The Labute approximate surface area is 135 Å². The first-order chi connectivity index (χ1) is 11.3. The number of hydrogen-bond acceptors (Lipinski definition) is 1. The van der Waals surface area contributed by atoms with Crippen molar-refractivity contribution < 1.29 is 4.57 Å². The van der Waals surface area contributed by atoms with E-state index in [2.05, 4.69) is 76.5 Å². The van der Waals surface area contributed by atoms with Crippen molar-refractivity contribution in [2.75, 3.05) is 0 Å². The van der Waals surface area contributed by atoms with Crippen molar-refractivity contribution in [3.05, 3.63) is 85.5 Å². The second-order valence-corrected chi connectivity index (χ2v) is 5.74. The summed E-state index contributed by atoms with van der Waals surface area (Å²) in [4.78, 5) is 4.32. The van der Waals surface area contributed by atoms with E-state index in [0.717, 1.165) is 5.56 Å². The van der Waals surface area contributed by atoms with Gasteiger partial charge in [-0.05, 0) is 40.3 Å². The van der Waals surface area contributed by atoms with E-state index in [0.29, 0.717) is 0 Å². The SMILES string of the molecule is C[n+]1ccc2cc(-c3ccncc3-c3ccccc3)ccc2c1. The molecule has 2 nitrogen and oxygen atoms in total. The average Bonchev–Trinajstić information content (AvgIpc) is 2.62. The maximum atomic E-state index is 4.32. The largest absolute Gasteiger partial charge is 0.264 e. The third-order valence-electron chi connectivity index (χ3n) is 4.14. The predicted octanol–water partition coefficient (Wildman–Crippen LogP) is 4.39. The summed E-state index contributed by atoms with van der Waals surface area (Å²) in [5.41, 5.74) is 4.78. The molecule has 2 aromatic carbocycles. The number of benzene rings is 2. The summed E-state index contributed by atoms with van der Waals surface area (Å²) in [5.74, 6) is 0. The van der Waals surface area contributed by atoms with Gasteiger partial charge >= 0.3 is 0 Å². The zero-order valence-electron chi connectivity index (χ0n) is 13.0. The normalized spacial score (nSPS) is 10.8. The molecule has 0 saturated carbocycles. The van der Waals surface area contributed by atoms with Crippen LogP contribution in [-0.2, 0) is 7.05 Å². The Balaban J connectivity index is 1.90. The minimum absolute atomic E-state index is 1.16. The molecule has 0 aliphatic rings. The molecule has 0 aliphatic heterocycles. The molecular weight excluding hydrogens is 280 g/mol. The molecule has 0 bridgehead atoms. The van der Waals surface area contributed by atoms with Gasteiger partial charge in [-0.15, -0.1) is 0 Å². The first kappa shape index (κ1) is 13.6. The smallest absolute Gasteiger partial charge is 0.176 e. The summed E-state index contributed by atoms with van der Waals surface area (Å²) in [6.07, 6.45) is 8.03. The molecule has 2 aromatic heterocycles. The summed E-state index contributed by atoms with van der Waals surface area (Å²) < 4.78 is 2.07. The van der Waals surface area contributed by atoms with Crippen LogP contribution in [0, 0.1) is 0 Å². The Hall–Kier alpha value is -3.00. The van der Waals surface area contributed by atoms with Gasteiger partial charge in [-0.1, -0.05) is 36.4 Å². The summed E-state index contributed by atoms with van der Waals surface area (Å²) in [7, 11) is 2.05. The zero-order valence-corrected chi connectivity index (χ0v) is 13.0. The van der Waals surface area contributed by atoms with Crippen molar-refractivity contribution in [3.8, 4) is 22.3 Å². The van der Waals surface area contributed by atoms with E-state index in [9.17, 15) is 0 Å². The fourth-order valence-corrected chi connectivity index (χ4v) is 2.96. The maximum absolute atomic E-state index is 4.32. The van der Waals surface area contributed by atoms with Crippen LogP contribution in [0.4, 0.5) is 0 Å². The molecule has 0 atom stereocenters. The van der Waals surface area contributed by atoms with Gasteiger partial charge in [0.25, 0.3) is 0 Å². The molecule has 110 valence electrons. The Kier molecular flexibility index (Phi) is 3.35. The first-order valence-corrected chi connectivity index (χ1v) is 7.70. The topological polar surface area (TPSA) is 16.8 Å². The summed E-state index contributed by atoms with van der Waals surface area (Å²) in [6.45, 7) is 0. The molecule has 0 spiro atoms. The van der Waals surface area contributed by atoms with Gasteiger partial charge in [0, 0.05) is 29.4 Å². The molecule has 23 heavy (non-hydrogen) atoms. The van der Waals surface area contributed by atoms with Crippen LogP contribution < -0.4 is 4.57 Å². The highest BCUT2D eigenvalue weighted by Gasteiger charge is 2.08. The number of pyridine rings is 2. The lowest BCUT2D eigenvalue weighted by Gasteiger charge is -2.10. The van der Waals surface area contributed by atoms with Gasteiger partial charge in [0.15, 0.2) is 12.4 Å². The van der Waals surface area contributed by atoms with E-state index in [-0.39, 0.29) is 0 Å². The average molecular weight is 297 g/mol. The van der Waals surface area contributed by atoms with Gasteiger partial charge in [-0.25, -0.2) is 4.57 Å². The fraction of sp³-hybridized carbons (Fsp3) is 0.0476. The Morgan fingerprint density at radius 1 is 0.783 bits per heavy atom. The molecule has 2 heterocycles. The second kappa shape index (κ2) is 5.65. The van der Waals surface area contributed by atoms with E-state index in [1.807, 2.05) is 25.5 Å². The van der Waals surface area contributed by atoms with Crippen LogP contribution in [0.3, 0.4) is 0 Å². The third kappa shape index (κ3) is 2.59. The minimum atomic E-state index is 1.16. The second-order valence-electron chi connectivity index (χ2n) is 5.74. The molecule has 0 amide bonds. The predicted molar refractivity (Wildman–Crippen MR) is 93.8 cm³/mol. The quantitative estimate of drug-likeness (QED) is 0.501. The number of fused-ring (bicyclic) bond motifs is 1. The Morgan fingerprint density at radius 3 is 2.52 bits per heavy atom. The molecule has 0 fully saturated rings. The molecule has 0 radical (unpaired) electrons. The van der Waals surface area contributed by atoms with Gasteiger partial charge in [0.05, 0.1) is 0 Å². The number of hydrogen-bond donors (Lipinski definition) is 0. The lowest BCUT2D eigenvalue weighted by molar-refractivity contribution is -0.670. The monoisotopic (exact) mass is 297 g/mol. The number of aromatic nitrogens is 2. The van der Waals surface area contributed by atoms with Gasteiger partial charge in [-0.3, -0.25) is 4.98 Å². The Bertz CT molecular complexity index is 975. The molecule has 0 saturated heterocycles. The van der Waals surface area contributed by atoms with E-state index in [4.69, 9.17) is 0 Å². The van der Waals surface area contributed by atoms with E-state index in [1.54, 1.807) is 0 Å². The third-order valence-corrected chi connectivity index (χ3v) is 4.14. The van der Waals surface area contributed by atoms with Crippen molar-refractivity contribution in [3.63, 3.8) is 0 Å². The zero-order chi connectivity index (χ0) is 15.6. The molecular formula is C21H17N2+. The lowest BCUT2D eigenvalue weighted by Crippen LogP contribution is -2.25. The lowest BCUT2D eigenvalue weighted by atomic mass is 9.95. The standard InChI is InChI=1S/C21H17N2/c1-23-12-10-17-13-18(7-8-19(17)15-23)20-9-11-22-14-21(20)16-5-3-2-4-6-16/h2-15H,1H3/q+1. The summed E-state index contributed by atoms with van der Waals surface area (Å²) in [5, 5.41) is 2.49. The van der Waals surface area contributed by atoms with Crippen molar-refractivity contribution >= 4 is 10.8 Å². The van der Waals surface area contributed by atoms with Crippen LogP contribution in [0.2, 0.25) is 0 Å². The van der Waals surface area contributed by atoms with Crippen LogP contribution in [0.15, 0.2) is 85.5 Å². The van der Waals surface area contributed by atoms with Crippen molar-refractivity contribution in [1.29, 1.82) is 0 Å². The highest BCUT2D eigenvalue weighted by molar-refractivity contribution is 5.90. The van der Waals surface area contributed by atoms with E-state index >= 15 is 0 Å². The summed E-state index contributed by atoms with van der Waals surface area (Å²) in [6, 6.07) is 21.3. The van der Waals surface area contributed by atoms with Gasteiger partial charge < -0.3 is 0 Å². The number of aryl methyl sites for hydroxylation is 1. The molecule has 4 rings (SSSR count). The van der Waals surface area contributed by atoms with E-state index < -0.39 is 0 Å². The first-order valence-electron chi connectivity index (χ1n) is 7.70. The Morgan fingerprint density at radius 2 is 1.65 bits per heavy atom. The van der Waals surface area contributed by atoms with Crippen LogP contribution in [0.1, 0.15) is 0 Å². The highest BCUT2D eigenvalue weighted by Crippen LogP contribution is 2.32. The van der Waals surface area contributed by atoms with Crippen LogP contribution >= 0.6 is 0 Å². The van der Waals surface area contributed by atoms with Crippen molar-refractivity contribution in [1.82, 2.24) is 4.98 Å². The van der Waals surface area contributed by atoms with Gasteiger partial charge in [0.2, 0.25) is 0 Å². The van der Waals surface area contributed by atoms with Gasteiger partial charge in [-0.2, -0.15) is 0 Å². The summed E-state index contributed by atoms with van der Waals surface area (Å²) >= 11 is 0. The van der Waals surface area contributed by atoms with Gasteiger partial charge in [0.1, 0.15) is 7.05 Å². The molecule has 0 N–H and O–H groups in total.